The summed E-state index contributed by atoms with van der Waals surface area (Å²) >= 11 is 0. The van der Waals surface area contributed by atoms with Crippen molar-refractivity contribution < 1.29 is 5.11 Å². The van der Waals surface area contributed by atoms with Crippen LogP contribution in [0.2, 0.25) is 0 Å². The zero-order valence-electron chi connectivity index (χ0n) is 8.91. The van der Waals surface area contributed by atoms with E-state index in [0.29, 0.717) is 0 Å². The van der Waals surface area contributed by atoms with Crippen molar-refractivity contribution in [1.29, 1.82) is 0 Å². The maximum Gasteiger partial charge on any atom is 0.117 e. The molecular formula is C12H14N2O. The van der Waals surface area contributed by atoms with Gasteiger partial charge in [0.05, 0.1) is 5.52 Å². The normalized spacial score (nSPS) is 10.5. The van der Waals surface area contributed by atoms with Gasteiger partial charge in [-0.25, -0.2) is 0 Å². The van der Waals surface area contributed by atoms with E-state index in [0.717, 1.165) is 28.8 Å². The molecule has 1 heterocycles. The van der Waals surface area contributed by atoms with Crippen molar-refractivity contribution in [2.75, 3.05) is 11.9 Å². The fraction of sp³-hybridized carbons (Fsp3) is 0.250. The molecular weight excluding hydrogens is 188 g/mol. The Morgan fingerprint density at radius 2 is 2.13 bits per heavy atom. The molecule has 0 aliphatic carbocycles. The van der Waals surface area contributed by atoms with E-state index in [-0.39, 0.29) is 5.75 Å². The summed E-state index contributed by atoms with van der Waals surface area (Å²) in [6.45, 7) is 4.88. The first kappa shape index (κ1) is 9.77. The molecule has 3 nitrogen and oxygen atoms in total. The van der Waals surface area contributed by atoms with E-state index in [9.17, 15) is 5.11 Å². The van der Waals surface area contributed by atoms with Gasteiger partial charge in [0.2, 0.25) is 0 Å². The summed E-state index contributed by atoms with van der Waals surface area (Å²) in [4.78, 5) is 4.38. The van der Waals surface area contributed by atoms with Crippen LogP contribution in [0.4, 0.5) is 5.69 Å². The Morgan fingerprint density at radius 1 is 1.33 bits per heavy atom. The van der Waals surface area contributed by atoms with Crippen molar-refractivity contribution in [2.45, 2.75) is 13.8 Å². The quantitative estimate of drug-likeness (QED) is 0.787. The third kappa shape index (κ3) is 1.86. The number of pyridine rings is 1. The zero-order valence-corrected chi connectivity index (χ0v) is 8.91. The number of phenols is 1. The van der Waals surface area contributed by atoms with Gasteiger partial charge in [0, 0.05) is 29.4 Å². The molecule has 1 aromatic carbocycles. The summed E-state index contributed by atoms with van der Waals surface area (Å²) in [5.74, 6) is 0.253. The van der Waals surface area contributed by atoms with E-state index in [1.54, 1.807) is 12.1 Å². The van der Waals surface area contributed by atoms with Crippen molar-refractivity contribution in [3.63, 3.8) is 0 Å². The van der Waals surface area contributed by atoms with Gasteiger partial charge < -0.3 is 10.4 Å². The predicted molar refractivity (Wildman–Crippen MR) is 62.3 cm³/mol. The number of nitrogens with zero attached hydrogens (tertiary/aromatic N) is 1. The second-order valence-electron chi connectivity index (χ2n) is 3.54. The fourth-order valence-electron chi connectivity index (χ4n) is 1.69. The lowest BCUT2D eigenvalue weighted by atomic mass is 10.1. The maximum absolute atomic E-state index is 9.38. The Morgan fingerprint density at radius 3 is 2.87 bits per heavy atom. The van der Waals surface area contributed by atoms with Crippen molar-refractivity contribution in [2.24, 2.45) is 0 Å². The highest BCUT2D eigenvalue weighted by Crippen LogP contribution is 2.25. The summed E-state index contributed by atoms with van der Waals surface area (Å²) < 4.78 is 0. The molecule has 15 heavy (non-hydrogen) atoms. The molecule has 0 bridgehead atoms. The second kappa shape index (κ2) is 3.77. The Labute approximate surface area is 88.8 Å². The number of hydrogen-bond acceptors (Lipinski definition) is 3. The van der Waals surface area contributed by atoms with Gasteiger partial charge in [-0.05, 0) is 32.0 Å². The van der Waals surface area contributed by atoms with Gasteiger partial charge in [-0.2, -0.15) is 0 Å². The van der Waals surface area contributed by atoms with Gasteiger partial charge in [0.1, 0.15) is 5.75 Å². The number of nitrogens with one attached hydrogen (secondary N) is 1. The van der Waals surface area contributed by atoms with Gasteiger partial charge in [-0.1, -0.05) is 0 Å². The van der Waals surface area contributed by atoms with Crippen LogP contribution in [0.15, 0.2) is 24.3 Å². The lowest BCUT2D eigenvalue weighted by Gasteiger charge is -2.08. The van der Waals surface area contributed by atoms with Crippen molar-refractivity contribution in [3.8, 4) is 5.75 Å². The highest BCUT2D eigenvalue weighted by atomic mass is 16.3. The number of rotatable bonds is 2. The van der Waals surface area contributed by atoms with Crippen LogP contribution in [0.25, 0.3) is 10.9 Å². The number of benzene rings is 1. The lowest BCUT2D eigenvalue weighted by molar-refractivity contribution is 0.476. The monoisotopic (exact) mass is 202 g/mol. The van der Waals surface area contributed by atoms with E-state index in [1.807, 2.05) is 19.1 Å². The minimum Gasteiger partial charge on any atom is -0.508 e. The number of fused-ring (bicyclic) bond motifs is 1. The highest BCUT2D eigenvalue weighted by Gasteiger charge is 2.03. The predicted octanol–water partition coefficient (Wildman–Crippen LogP) is 2.68. The minimum atomic E-state index is 0.253. The molecule has 2 N–H and O–H groups in total. The molecule has 0 aliphatic rings. The van der Waals surface area contributed by atoms with Crippen LogP contribution in [0.3, 0.4) is 0 Å². The largest absolute Gasteiger partial charge is 0.508 e. The third-order valence-electron chi connectivity index (χ3n) is 2.29. The molecule has 2 aromatic rings. The Balaban J connectivity index is 2.68. The van der Waals surface area contributed by atoms with E-state index < -0.39 is 0 Å². The highest BCUT2D eigenvalue weighted by molar-refractivity contribution is 5.92. The number of phenolic OH excluding ortho intramolecular Hbond substituents is 1. The average molecular weight is 202 g/mol. The van der Waals surface area contributed by atoms with E-state index in [4.69, 9.17) is 0 Å². The van der Waals surface area contributed by atoms with Crippen LogP contribution in [-0.4, -0.2) is 16.6 Å². The molecule has 0 aliphatic heterocycles. The van der Waals surface area contributed by atoms with Crippen LogP contribution in [0, 0.1) is 6.92 Å². The number of aromatic hydroxyl groups is 1. The minimum absolute atomic E-state index is 0.253. The van der Waals surface area contributed by atoms with Crippen LogP contribution in [-0.2, 0) is 0 Å². The molecule has 3 heteroatoms. The van der Waals surface area contributed by atoms with Crippen LogP contribution >= 0.6 is 0 Å². The third-order valence-corrected chi connectivity index (χ3v) is 2.29. The van der Waals surface area contributed by atoms with Crippen LogP contribution in [0.1, 0.15) is 12.6 Å². The van der Waals surface area contributed by atoms with Gasteiger partial charge >= 0.3 is 0 Å². The Kier molecular flexibility index (Phi) is 2.46. The van der Waals surface area contributed by atoms with Crippen molar-refractivity contribution in [1.82, 2.24) is 4.98 Å². The fourth-order valence-corrected chi connectivity index (χ4v) is 1.69. The maximum atomic E-state index is 9.38. The first-order valence-electron chi connectivity index (χ1n) is 5.05. The van der Waals surface area contributed by atoms with Gasteiger partial charge in [-0.15, -0.1) is 0 Å². The molecule has 0 saturated heterocycles. The van der Waals surface area contributed by atoms with Gasteiger partial charge in [-0.3, -0.25) is 4.98 Å². The van der Waals surface area contributed by atoms with E-state index >= 15 is 0 Å². The summed E-state index contributed by atoms with van der Waals surface area (Å²) in [5.41, 5.74) is 2.84. The number of aromatic nitrogens is 1. The molecule has 1 aromatic heterocycles. The smallest absolute Gasteiger partial charge is 0.117 e. The zero-order chi connectivity index (χ0) is 10.8. The molecule has 0 amide bonds. The first-order valence-corrected chi connectivity index (χ1v) is 5.05. The van der Waals surface area contributed by atoms with E-state index in [1.165, 1.54) is 0 Å². The molecule has 78 valence electrons. The molecule has 0 radical (unpaired) electrons. The van der Waals surface area contributed by atoms with Gasteiger partial charge in [0.25, 0.3) is 0 Å². The average Bonchev–Trinajstić information content (AvgIpc) is 2.17. The molecule has 0 spiro atoms. The molecule has 0 fully saturated rings. The summed E-state index contributed by atoms with van der Waals surface area (Å²) in [5, 5.41) is 13.7. The summed E-state index contributed by atoms with van der Waals surface area (Å²) in [6.07, 6.45) is 0. The number of anilines is 1. The van der Waals surface area contributed by atoms with E-state index in [2.05, 4.69) is 17.2 Å². The van der Waals surface area contributed by atoms with Crippen LogP contribution < -0.4 is 5.32 Å². The number of aryl methyl sites for hydroxylation is 1. The van der Waals surface area contributed by atoms with Crippen molar-refractivity contribution >= 4 is 16.6 Å². The molecule has 0 unspecified atom stereocenters. The topological polar surface area (TPSA) is 45.2 Å². The van der Waals surface area contributed by atoms with Crippen molar-refractivity contribution in [3.05, 3.63) is 30.0 Å². The summed E-state index contributed by atoms with van der Waals surface area (Å²) in [6, 6.07) is 7.27. The summed E-state index contributed by atoms with van der Waals surface area (Å²) in [7, 11) is 0. The SMILES string of the molecule is CCNc1cc(C)nc2cc(O)ccc12. The Hall–Kier alpha value is -1.77. The number of hydrogen-bond donors (Lipinski definition) is 2. The molecule has 0 atom stereocenters. The first-order chi connectivity index (χ1) is 7.20. The van der Waals surface area contributed by atoms with Crippen LogP contribution in [0.5, 0.6) is 5.75 Å². The Bertz CT molecular complexity index is 489. The standard InChI is InChI=1S/C12H14N2O/c1-3-13-11-6-8(2)14-12-7-9(15)4-5-10(11)12/h4-7,15H,3H2,1-2H3,(H,13,14). The lowest BCUT2D eigenvalue weighted by Crippen LogP contribution is -1.98. The second-order valence-corrected chi connectivity index (χ2v) is 3.54. The van der Waals surface area contributed by atoms with Gasteiger partial charge in [0.15, 0.2) is 0 Å². The molecule has 2 rings (SSSR count). The molecule has 0 saturated carbocycles.